The summed E-state index contributed by atoms with van der Waals surface area (Å²) in [6.45, 7) is 6.00. The largest absolute Gasteiger partial charge is 0.406 e. The number of halogens is 2. The van der Waals surface area contributed by atoms with Crippen molar-refractivity contribution in [3.8, 4) is 5.75 Å². The van der Waals surface area contributed by atoms with E-state index >= 15 is 4.39 Å². The minimum atomic E-state index is -1.03. The second-order valence-electron chi connectivity index (χ2n) is 5.92. The molecule has 1 unspecified atom stereocenters. The van der Waals surface area contributed by atoms with Gasteiger partial charge in [-0.1, -0.05) is 31.5 Å². The molecule has 0 aliphatic rings. The lowest BCUT2D eigenvalue weighted by Crippen LogP contribution is -2.30. The summed E-state index contributed by atoms with van der Waals surface area (Å²) in [6.07, 6.45) is 0.503. The summed E-state index contributed by atoms with van der Waals surface area (Å²) in [7, 11) is 3.64. The topological polar surface area (TPSA) is 80.6 Å². The molecule has 0 saturated heterocycles. The van der Waals surface area contributed by atoms with Gasteiger partial charge in [-0.05, 0) is 19.1 Å². The van der Waals surface area contributed by atoms with Gasteiger partial charge in [0.2, 0.25) is 0 Å². The number of nitrogens with zero attached hydrogens (tertiary/aromatic N) is 2. The molecular formula is C21H30F2N4O3. The SMILES string of the molecule is CC.CF.COC(O)CNOc1cc2c(ncn2C)c(F)c1Nc1ccc(C)cc1. The summed E-state index contributed by atoms with van der Waals surface area (Å²) in [5, 5.41) is 12.5. The van der Waals surface area contributed by atoms with Gasteiger partial charge >= 0.3 is 0 Å². The predicted molar refractivity (Wildman–Crippen MR) is 115 cm³/mol. The van der Waals surface area contributed by atoms with Crippen LogP contribution in [-0.2, 0) is 11.8 Å². The Morgan fingerprint density at radius 1 is 1.20 bits per heavy atom. The quantitative estimate of drug-likeness (QED) is 0.389. The van der Waals surface area contributed by atoms with E-state index in [0.29, 0.717) is 18.4 Å². The highest BCUT2D eigenvalue weighted by Gasteiger charge is 2.19. The molecule has 1 atom stereocenters. The molecule has 166 valence electrons. The fourth-order valence-corrected chi connectivity index (χ4v) is 2.45. The van der Waals surface area contributed by atoms with Crippen molar-refractivity contribution in [3.63, 3.8) is 0 Å². The van der Waals surface area contributed by atoms with E-state index in [4.69, 9.17) is 9.57 Å². The lowest BCUT2D eigenvalue weighted by molar-refractivity contribution is -0.0838. The number of aromatic nitrogens is 2. The average Bonchev–Trinajstić information content (AvgIpc) is 3.15. The normalized spacial score (nSPS) is 11.1. The van der Waals surface area contributed by atoms with Gasteiger partial charge in [0.25, 0.3) is 0 Å². The number of rotatable bonds is 7. The van der Waals surface area contributed by atoms with Crippen LogP contribution in [0.2, 0.25) is 0 Å². The van der Waals surface area contributed by atoms with Crippen molar-refractivity contribution in [1.82, 2.24) is 15.0 Å². The number of alkyl halides is 1. The van der Waals surface area contributed by atoms with Gasteiger partial charge in [0.1, 0.15) is 11.2 Å². The Morgan fingerprint density at radius 2 is 1.83 bits per heavy atom. The van der Waals surface area contributed by atoms with Gasteiger partial charge in [-0.3, -0.25) is 4.39 Å². The first kappa shape index (κ1) is 25.3. The Kier molecular flexibility index (Phi) is 10.7. The number of benzene rings is 2. The molecule has 7 nitrogen and oxygen atoms in total. The highest BCUT2D eigenvalue weighted by Crippen LogP contribution is 2.35. The van der Waals surface area contributed by atoms with Crippen molar-refractivity contribution in [3.05, 3.63) is 48.0 Å². The monoisotopic (exact) mass is 424 g/mol. The van der Waals surface area contributed by atoms with Gasteiger partial charge in [-0.2, -0.15) is 5.48 Å². The smallest absolute Gasteiger partial charge is 0.178 e. The molecule has 1 heterocycles. The Bertz CT molecular complexity index is 901. The molecule has 0 spiro atoms. The van der Waals surface area contributed by atoms with Crippen LogP contribution in [0.4, 0.5) is 20.2 Å². The number of hydrogen-bond acceptors (Lipinski definition) is 6. The lowest BCUT2D eigenvalue weighted by Gasteiger charge is -2.16. The van der Waals surface area contributed by atoms with E-state index in [1.165, 1.54) is 13.4 Å². The summed E-state index contributed by atoms with van der Waals surface area (Å²) < 4.78 is 31.0. The number of aliphatic hydroxyl groups is 1. The number of imidazole rings is 1. The number of fused-ring (bicyclic) bond motifs is 1. The molecule has 0 radical (unpaired) electrons. The molecule has 0 amide bonds. The maximum atomic E-state index is 15.0. The van der Waals surface area contributed by atoms with Crippen LogP contribution in [0.1, 0.15) is 19.4 Å². The van der Waals surface area contributed by atoms with E-state index in [9.17, 15) is 9.50 Å². The number of aryl methyl sites for hydroxylation is 2. The molecule has 30 heavy (non-hydrogen) atoms. The fraction of sp³-hybridized carbons (Fsp3) is 0.381. The van der Waals surface area contributed by atoms with Crippen molar-refractivity contribution in [1.29, 1.82) is 0 Å². The number of aliphatic hydroxyl groups excluding tert-OH is 1. The van der Waals surface area contributed by atoms with E-state index < -0.39 is 12.1 Å². The minimum Gasteiger partial charge on any atom is -0.406 e. The van der Waals surface area contributed by atoms with Gasteiger partial charge < -0.3 is 24.6 Å². The van der Waals surface area contributed by atoms with Crippen LogP contribution in [0, 0.1) is 12.7 Å². The minimum absolute atomic E-state index is 0.0194. The van der Waals surface area contributed by atoms with Crippen molar-refractivity contribution in [2.45, 2.75) is 27.1 Å². The fourth-order valence-electron chi connectivity index (χ4n) is 2.45. The van der Waals surface area contributed by atoms with Crippen LogP contribution in [-0.4, -0.2) is 41.8 Å². The number of ether oxygens (including phenoxy) is 1. The maximum Gasteiger partial charge on any atom is 0.178 e. The van der Waals surface area contributed by atoms with E-state index in [0.717, 1.165) is 5.56 Å². The van der Waals surface area contributed by atoms with Gasteiger partial charge in [-0.15, -0.1) is 0 Å². The molecular weight excluding hydrogens is 394 g/mol. The average molecular weight is 424 g/mol. The van der Waals surface area contributed by atoms with E-state index in [1.54, 1.807) is 17.7 Å². The Labute approximate surface area is 175 Å². The molecule has 1 aromatic heterocycles. The molecule has 0 aliphatic heterocycles. The third-order valence-electron chi connectivity index (χ3n) is 3.96. The van der Waals surface area contributed by atoms with Crippen molar-refractivity contribution >= 4 is 22.4 Å². The van der Waals surface area contributed by atoms with Crippen LogP contribution < -0.4 is 15.6 Å². The second-order valence-corrected chi connectivity index (χ2v) is 5.92. The highest BCUT2D eigenvalue weighted by atomic mass is 19.1. The second kappa shape index (κ2) is 12.7. The van der Waals surface area contributed by atoms with E-state index in [-0.39, 0.29) is 23.5 Å². The van der Waals surface area contributed by atoms with Crippen LogP contribution in [0.3, 0.4) is 0 Å². The molecule has 2 aromatic carbocycles. The lowest BCUT2D eigenvalue weighted by atomic mass is 10.2. The number of hydroxylamine groups is 1. The van der Waals surface area contributed by atoms with Crippen molar-refractivity contribution in [2.75, 3.05) is 26.1 Å². The molecule has 0 bridgehead atoms. The van der Waals surface area contributed by atoms with Crippen LogP contribution in [0.5, 0.6) is 5.75 Å². The van der Waals surface area contributed by atoms with E-state index in [1.807, 2.05) is 45.0 Å². The molecule has 3 rings (SSSR count). The standard InChI is InChI=1S/C18H21FN4O3.C2H6.CH3F/c1-11-4-6-12(7-5-11)22-18-14(26-21-9-15(24)25-3)8-13-17(16(18)19)20-10-23(13)2;2*1-2/h4-8,10,15,21-22,24H,9H2,1-3H3;1-2H3;1H3. The summed E-state index contributed by atoms with van der Waals surface area (Å²) in [4.78, 5) is 9.59. The van der Waals surface area contributed by atoms with Crippen LogP contribution in [0.25, 0.3) is 11.0 Å². The maximum absolute atomic E-state index is 15.0. The number of methoxy groups -OCH3 is 1. The van der Waals surface area contributed by atoms with Crippen molar-refractivity contribution < 1.29 is 23.5 Å². The first-order valence-electron chi connectivity index (χ1n) is 9.45. The van der Waals surface area contributed by atoms with E-state index in [2.05, 4.69) is 15.8 Å². The van der Waals surface area contributed by atoms with Gasteiger partial charge in [0.15, 0.2) is 17.9 Å². The summed E-state index contributed by atoms with van der Waals surface area (Å²) >= 11 is 0. The van der Waals surface area contributed by atoms with Gasteiger partial charge in [0, 0.05) is 25.9 Å². The van der Waals surface area contributed by atoms with Gasteiger partial charge in [0.05, 0.1) is 25.6 Å². The first-order valence-corrected chi connectivity index (χ1v) is 9.45. The van der Waals surface area contributed by atoms with Crippen molar-refractivity contribution in [2.24, 2.45) is 7.05 Å². The summed E-state index contributed by atoms with van der Waals surface area (Å²) in [6, 6.07) is 9.22. The zero-order chi connectivity index (χ0) is 22.7. The molecule has 0 fully saturated rings. The number of hydrogen-bond donors (Lipinski definition) is 3. The molecule has 0 aliphatic carbocycles. The third kappa shape index (κ3) is 6.38. The van der Waals surface area contributed by atoms with Gasteiger partial charge in [-0.25, -0.2) is 9.37 Å². The zero-order valence-corrected chi connectivity index (χ0v) is 18.2. The Morgan fingerprint density at radius 3 is 2.43 bits per heavy atom. The summed E-state index contributed by atoms with van der Waals surface area (Å²) in [5.41, 5.74) is 5.37. The number of nitrogens with one attached hydrogen (secondary N) is 2. The highest BCUT2D eigenvalue weighted by molar-refractivity contribution is 5.86. The predicted octanol–water partition coefficient (Wildman–Crippen LogP) is 4.22. The molecule has 0 saturated carbocycles. The first-order chi connectivity index (χ1) is 14.5. The number of anilines is 2. The zero-order valence-electron chi connectivity index (χ0n) is 18.2. The van der Waals surface area contributed by atoms with Crippen LogP contribution in [0.15, 0.2) is 36.7 Å². The van der Waals surface area contributed by atoms with Crippen LogP contribution >= 0.6 is 0 Å². The summed E-state index contributed by atoms with van der Waals surface area (Å²) in [5.74, 6) is -0.282. The third-order valence-corrected chi connectivity index (χ3v) is 3.96. The molecule has 9 heteroatoms. The Hall–Kier alpha value is -2.75. The molecule has 3 aromatic rings. The molecule has 3 N–H and O–H groups in total. The Balaban J connectivity index is 0.00000106.